The standard InChI is InChI=1S/C18H21N3O3/c1-3-23-15-7-5-14(6-8-15)18(22)21-11-10-16(12-21)24-17-9-4-13(2)19-20-17/h4-9,16H,3,10-12H2,1-2H3. The van der Waals surface area contributed by atoms with E-state index in [2.05, 4.69) is 10.2 Å². The highest BCUT2D eigenvalue weighted by Crippen LogP contribution is 2.19. The first-order valence-corrected chi connectivity index (χ1v) is 8.15. The summed E-state index contributed by atoms with van der Waals surface area (Å²) in [6.07, 6.45) is 0.742. The Bertz CT molecular complexity index is 686. The van der Waals surface area contributed by atoms with Crippen molar-refractivity contribution in [2.75, 3.05) is 19.7 Å². The van der Waals surface area contributed by atoms with Gasteiger partial charge in [-0.05, 0) is 44.2 Å². The molecule has 24 heavy (non-hydrogen) atoms. The predicted octanol–water partition coefficient (Wildman–Crippen LogP) is 2.48. The molecule has 1 aromatic carbocycles. The SMILES string of the molecule is CCOc1ccc(C(=O)N2CCC(Oc3ccc(C)nn3)C2)cc1. The zero-order valence-electron chi connectivity index (χ0n) is 13.9. The number of likely N-dealkylation sites (tertiary alicyclic amines) is 1. The maximum absolute atomic E-state index is 12.6. The molecule has 3 rings (SSSR count). The van der Waals surface area contributed by atoms with E-state index >= 15 is 0 Å². The van der Waals surface area contributed by atoms with E-state index in [4.69, 9.17) is 9.47 Å². The van der Waals surface area contributed by atoms with E-state index in [1.807, 2.05) is 36.9 Å². The van der Waals surface area contributed by atoms with Crippen LogP contribution in [-0.4, -0.2) is 46.8 Å². The molecular weight excluding hydrogens is 306 g/mol. The summed E-state index contributed by atoms with van der Waals surface area (Å²) in [5.74, 6) is 1.29. The molecule has 126 valence electrons. The van der Waals surface area contributed by atoms with Crippen molar-refractivity contribution in [1.82, 2.24) is 15.1 Å². The normalized spacial score (nSPS) is 16.9. The molecule has 1 aromatic heterocycles. The van der Waals surface area contributed by atoms with Gasteiger partial charge in [0.1, 0.15) is 11.9 Å². The molecule has 1 unspecified atom stereocenters. The first-order chi connectivity index (χ1) is 11.7. The van der Waals surface area contributed by atoms with Gasteiger partial charge in [-0.25, -0.2) is 0 Å². The third kappa shape index (κ3) is 3.82. The number of carbonyl (C=O) groups excluding carboxylic acids is 1. The number of ether oxygens (including phenoxy) is 2. The Labute approximate surface area is 141 Å². The van der Waals surface area contributed by atoms with Crippen LogP contribution in [0.2, 0.25) is 0 Å². The molecule has 6 nitrogen and oxygen atoms in total. The van der Waals surface area contributed by atoms with Crippen LogP contribution in [-0.2, 0) is 0 Å². The topological polar surface area (TPSA) is 64.5 Å². The molecular formula is C18H21N3O3. The van der Waals surface area contributed by atoms with Crippen molar-refractivity contribution in [2.24, 2.45) is 0 Å². The summed E-state index contributed by atoms with van der Waals surface area (Å²) in [5, 5.41) is 7.99. The highest BCUT2D eigenvalue weighted by Gasteiger charge is 2.28. The fraction of sp³-hybridized carbons (Fsp3) is 0.389. The summed E-state index contributed by atoms with van der Waals surface area (Å²) in [5.41, 5.74) is 1.51. The largest absolute Gasteiger partial charge is 0.494 e. The van der Waals surface area contributed by atoms with Crippen LogP contribution < -0.4 is 9.47 Å². The zero-order valence-corrected chi connectivity index (χ0v) is 13.9. The number of hydrogen-bond acceptors (Lipinski definition) is 5. The number of hydrogen-bond donors (Lipinski definition) is 0. The average molecular weight is 327 g/mol. The van der Waals surface area contributed by atoms with Crippen LogP contribution >= 0.6 is 0 Å². The number of aryl methyl sites for hydroxylation is 1. The predicted molar refractivity (Wildman–Crippen MR) is 89.3 cm³/mol. The second-order valence-electron chi connectivity index (χ2n) is 5.75. The summed E-state index contributed by atoms with van der Waals surface area (Å²) < 4.78 is 11.2. The van der Waals surface area contributed by atoms with Crippen LogP contribution in [0, 0.1) is 6.92 Å². The van der Waals surface area contributed by atoms with Crippen molar-refractivity contribution in [3.8, 4) is 11.6 Å². The van der Waals surface area contributed by atoms with Crippen LogP contribution in [0.4, 0.5) is 0 Å². The Morgan fingerprint density at radius 3 is 2.67 bits per heavy atom. The number of carbonyl (C=O) groups is 1. The minimum Gasteiger partial charge on any atom is -0.494 e. The Morgan fingerprint density at radius 1 is 1.21 bits per heavy atom. The Hall–Kier alpha value is -2.63. The van der Waals surface area contributed by atoms with Crippen LogP contribution in [0.15, 0.2) is 36.4 Å². The maximum atomic E-state index is 12.6. The quantitative estimate of drug-likeness (QED) is 0.844. The highest BCUT2D eigenvalue weighted by atomic mass is 16.5. The zero-order chi connectivity index (χ0) is 16.9. The van der Waals surface area contributed by atoms with Gasteiger partial charge in [0, 0.05) is 24.6 Å². The Kier molecular flexibility index (Phi) is 4.93. The van der Waals surface area contributed by atoms with Crippen molar-refractivity contribution in [3.63, 3.8) is 0 Å². The molecule has 0 bridgehead atoms. The van der Waals surface area contributed by atoms with Crippen molar-refractivity contribution >= 4 is 5.91 Å². The van der Waals surface area contributed by atoms with Gasteiger partial charge < -0.3 is 14.4 Å². The summed E-state index contributed by atoms with van der Waals surface area (Å²) in [4.78, 5) is 14.4. The maximum Gasteiger partial charge on any atom is 0.253 e. The van der Waals surface area contributed by atoms with Crippen LogP contribution in [0.5, 0.6) is 11.6 Å². The molecule has 1 atom stereocenters. The smallest absolute Gasteiger partial charge is 0.253 e. The average Bonchev–Trinajstić information content (AvgIpc) is 3.06. The van der Waals surface area contributed by atoms with E-state index in [9.17, 15) is 4.79 Å². The Morgan fingerprint density at radius 2 is 2.00 bits per heavy atom. The Balaban J connectivity index is 1.58. The third-order valence-corrected chi connectivity index (χ3v) is 3.91. The number of rotatable bonds is 5. The van der Waals surface area contributed by atoms with Gasteiger partial charge >= 0.3 is 0 Å². The molecule has 0 radical (unpaired) electrons. The molecule has 0 N–H and O–H groups in total. The van der Waals surface area contributed by atoms with E-state index in [-0.39, 0.29) is 12.0 Å². The van der Waals surface area contributed by atoms with Crippen LogP contribution in [0.3, 0.4) is 0 Å². The van der Waals surface area contributed by atoms with E-state index < -0.39 is 0 Å². The van der Waals surface area contributed by atoms with Gasteiger partial charge in [0.15, 0.2) is 0 Å². The fourth-order valence-corrected chi connectivity index (χ4v) is 2.67. The lowest BCUT2D eigenvalue weighted by molar-refractivity contribution is 0.0771. The van der Waals surface area contributed by atoms with Gasteiger partial charge in [-0.2, -0.15) is 5.10 Å². The van der Waals surface area contributed by atoms with E-state index in [1.165, 1.54) is 0 Å². The summed E-state index contributed by atoms with van der Waals surface area (Å²) in [7, 11) is 0. The lowest BCUT2D eigenvalue weighted by Gasteiger charge is -2.17. The first kappa shape index (κ1) is 16.2. The molecule has 2 aromatic rings. The summed E-state index contributed by atoms with van der Waals surface area (Å²) in [6, 6.07) is 10.9. The van der Waals surface area contributed by atoms with E-state index in [1.54, 1.807) is 18.2 Å². The lowest BCUT2D eigenvalue weighted by Crippen LogP contribution is -2.31. The van der Waals surface area contributed by atoms with Crippen LogP contribution in [0.25, 0.3) is 0 Å². The van der Waals surface area contributed by atoms with Gasteiger partial charge in [-0.1, -0.05) is 0 Å². The van der Waals surface area contributed by atoms with Gasteiger partial charge in [0.05, 0.1) is 18.8 Å². The van der Waals surface area contributed by atoms with E-state index in [0.29, 0.717) is 31.1 Å². The van der Waals surface area contributed by atoms with Crippen molar-refractivity contribution < 1.29 is 14.3 Å². The summed E-state index contributed by atoms with van der Waals surface area (Å²) >= 11 is 0. The molecule has 0 aliphatic carbocycles. The summed E-state index contributed by atoms with van der Waals surface area (Å²) in [6.45, 7) is 5.66. The van der Waals surface area contributed by atoms with Crippen LogP contribution in [0.1, 0.15) is 29.4 Å². The highest BCUT2D eigenvalue weighted by molar-refractivity contribution is 5.94. The van der Waals surface area contributed by atoms with Gasteiger partial charge in [-0.15, -0.1) is 5.10 Å². The number of nitrogens with zero attached hydrogens (tertiary/aromatic N) is 3. The fourth-order valence-electron chi connectivity index (χ4n) is 2.67. The van der Waals surface area contributed by atoms with Gasteiger partial charge in [0.25, 0.3) is 5.91 Å². The number of amides is 1. The number of aromatic nitrogens is 2. The van der Waals surface area contributed by atoms with Crippen molar-refractivity contribution in [1.29, 1.82) is 0 Å². The molecule has 1 aliphatic rings. The van der Waals surface area contributed by atoms with Crippen molar-refractivity contribution in [3.05, 3.63) is 47.7 Å². The van der Waals surface area contributed by atoms with Gasteiger partial charge in [-0.3, -0.25) is 4.79 Å². The first-order valence-electron chi connectivity index (χ1n) is 8.15. The van der Waals surface area contributed by atoms with E-state index in [0.717, 1.165) is 17.9 Å². The molecule has 2 heterocycles. The molecule has 6 heteroatoms. The van der Waals surface area contributed by atoms with Gasteiger partial charge in [0.2, 0.25) is 5.88 Å². The molecule has 0 saturated carbocycles. The molecule has 1 aliphatic heterocycles. The molecule has 1 amide bonds. The third-order valence-electron chi connectivity index (χ3n) is 3.91. The van der Waals surface area contributed by atoms with Crippen molar-refractivity contribution in [2.45, 2.75) is 26.4 Å². The number of benzene rings is 1. The molecule has 0 spiro atoms. The lowest BCUT2D eigenvalue weighted by atomic mass is 10.2. The molecule has 1 fully saturated rings. The second-order valence-corrected chi connectivity index (χ2v) is 5.75. The molecule has 1 saturated heterocycles. The minimum absolute atomic E-state index is 0.0131. The monoisotopic (exact) mass is 327 g/mol. The minimum atomic E-state index is -0.0475. The second kappa shape index (κ2) is 7.29.